The molecule has 1 rings (SSSR count). The first kappa shape index (κ1) is 16.0. The molecule has 1 aliphatic rings. The highest BCUT2D eigenvalue weighted by atomic mass is 16.7. The zero-order valence-electron chi connectivity index (χ0n) is 13.3. The van der Waals surface area contributed by atoms with Gasteiger partial charge in [0.1, 0.15) is 0 Å². The number of hydrogen-bond acceptors (Lipinski definition) is 2. The Hall–Kier alpha value is -0.0800. The van der Waals surface area contributed by atoms with E-state index in [1.807, 2.05) is 0 Å². The minimum absolute atomic E-state index is 0.0131. The average Bonchev–Trinajstić information content (AvgIpc) is 2.29. The van der Waals surface area contributed by atoms with Crippen molar-refractivity contribution in [2.75, 3.05) is 6.61 Å². The van der Waals surface area contributed by atoms with E-state index in [-0.39, 0.29) is 12.4 Å². The van der Waals surface area contributed by atoms with Gasteiger partial charge in [-0.1, -0.05) is 41.5 Å². The molecule has 18 heavy (non-hydrogen) atoms. The summed E-state index contributed by atoms with van der Waals surface area (Å²) in [6.07, 6.45) is 1.48. The maximum absolute atomic E-state index is 6.16. The van der Waals surface area contributed by atoms with E-state index in [1.54, 1.807) is 0 Å². The molecule has 108 valence electrons. The summed E-state index contributed by atoms with van der Waals surface area (Å²) in [5, 5.41) is 0. The standard InChI is InChI=1S/C16H32O2/c1-10(2)8-11(3)15(7)18-16-14(6)13(5)12(4)9-17-16/h10-16H,8-9H2,1-7H3. The second-order valence-corrected chi connectivity index (χ2v) is 6.85. The van der Waals surface area contributed by atoms with Crippen molar-refractivity contribution in [2.24, 2.45) is 29.6 Å². The lowest BCUT2D eigenvalue weighted by Crippen LogP contribution is -2.42. The molecule has 0 aromatic rings. The molecular weight excluding hydrogens is 224 g/mol. The quantitative estimate of drug-likeness (QED) is 0.728. The molecule has 0 N–H and O–H groups in total. The monoisotopic (exact) mass is 256 g/mol. The van der Waals surface area contributed by atoms with E-state index >= 15 is 0 Å². The summed E-state index contributed by atoms with van der Waals surface area (Å²) in [7, 11) is 0. The molecule has 2 nitrogen and oxygen atoms in total. The van der Waals surface area contributed by atoms with E-state index in [4.69, 9.17) is 9.47 Å². The molecule has 0 saturated carbocycles. The molecule has 1 aliphatic heterocycles. The van der Waals surface area contributed by atoms with Crippen molar-refractivity contribution in [2.45, 2.75) is 67.3 Å². The predicted molar refractivity (Wildman–Crippen MR) is 76.4 cm³/mol. The predicted octanol–water partition coefficient (Wildman–Crippen LogP) is 4.34. The first-order chi connectivity index (χ1) is 8.32. The Balaban J connectivity index is 2.46. The Morgan fingerprint density at radius 3 is 2.22 bits per heavy atom. The lowest BCUT2D eigenvalue weighted by molar-refractivity contribution is -0.239. The second-order valence-electron chi connectivity index (χ2n) is 6.85. The molecule has 6 atom stereocenters. The summed E-state index contributed by atoms with van der Waals surface area (Å²) in [6.45, 7) is 16.7. The van der Waals surface area contributed by atoms with Crippen LogP contribution in [0, 0.1) is 29.6 Å². The van der Waals surface area contributed by atoms with Gasteiger partial charge in [0.05, 0.1) is 12.7 Å². The van der Waals surface area contributed by atoms with Gasteiger partial charge in [0, 0.05) is 5.92 Å². The smallest absolute Gasteiger partial charge is 0.160 e. The largest absolute Gasteiger partial charge is 0.352 e. The summed E-state index contributed by atoms with van der Waals surface area (Å²) in [5.74, 6) is 3.13. The Labute approximate surface area is 113 Å². The molecule has 0 spiro atoms. The molecule has 1 saturated heterocycles. The zero-order valence-corrected chi connectivity index (χ0v) is 13.3. The van der Waals surface area contributed by atoms with Crippen LogP contribution in [-0.4, -0.2) is 19.0 Å². The summed E-state index contributed by atoms with van der Waals surface area (Å²) in [6, 6.07) is 0. The van der Waals surface area contributed by atoms with Crippen LogP contribution in [0.5, 0.6) is 0 Å². The fourth-order valence-corrected chi connectivity index (χ4v) is 2.76. The number of hydrogen-bond donors (Lipinski definition) is 0. The maximum atomic E-state index is 6.16. The fourth-order valence-electron chi connectivity index (χ4n) is 2.76. The second kappa shape index (κ2) is 6.91. The summed E-state index contributed by atoms with van der Waals surface area (Å²) in [4.78, 5) is 0. The third-order valence-corrected chi connectivity index (χ3v) is 4.67. The maximum Gasteiger partial charge on any atom is 0.160 e. The molecule has 0 aliphatic carbocycles. The van der Waals surface area contributed by atoms with Crippen LogP contribution < -0.4 is 0 Å². The van der Waals surface area contributed by atoms with E-state index in [0.29, 0.717) is 23.7 Å². The van der Waals surface area contributed by atoms with Gasteiger partial charge in [-0.25, -0.2) is 0 Å². The highest BCUT2D eigenvalue weighted by Crippen LogP contribution is 2.32. The molecule has 0 aromatic heterocycles. The Morgan fingerprint density at radius 1 is 1.06 bits per heavy atom. The van der Waals surface area contributed by atoms with Gasteiger partial charge in [0.15, 0.2) is 6.29 Å². The molecule has 1 heterocycles. The lowest BCUT2D eigenvalue weighted by atomic mass is 9.83. The third kappa shape index (κ3) is 4.24. The first-order valence-corrected chi connectivity index (χ1v) is 7.60. The normalized spacial score (nSPS) is 36.7. The van der Waals surface area contributed by atoms with Gasteiger partial charge in [0.2, 0.25) is 0 Å². The van der Waals surface area contributed by atoms with Crippen LogP contribution in [0.15, 0.2) is 0 Å². The van der Waals surface area contributed by atoms with Crippen LogP contribution in [0.2, 0.25) is 0 Å². The van der Waals surface area contributed by atoms with Crippen molar-refractivity contribution in [3.05, 3.63) is 0 Å². The molecule has 6 unspecified atom stereocenters. The van der Waals surface area contributed by atoms with Gasteiger partial charge in [-0.05, 0) is 37.0 Å². The highest BCUT2D eigenvalue weighted by molar-refractivity contribution is 4.77. The molecular formula is C16H32O2. The van der Waals surface area contributed by atoms with E-state index < -0.39 is 0 Å². The molecule has 1 fully saturated rings. The van der Waals surface area contributed by atoms with Crippen LogP contribution in [0.3, 0.4) is 0 Å². The van der Waals surface area contributed by atoms with Crippen molar-refractivity contribution in [1.29, 1.82) is 0 Å². The molecule has 0 radical (unpaired) electrons. The zero-order chi connectivity index (χ0) is 13.9. The topological polar surface area (TPSA) is 18.5 Å². The molecule has 0 amide bonds. The summed E-state index contributed by atoms with van der Waals surface area (Å²) >= 11 is 0. The van der Waals surface area contributed by atoms with Gasteiger partial charge >= 0.3 is 0 Å². The Kier molecular flexibility index (Phi) is 6.13. The highest BCUT2D eigenvalue weighted by Gasteiger charge is 2.34. The third-order valence-electron chi connectivity index (χ3n) is 4.67. The van der Waals surface area contributed by atoms with E-state index in [9.17, 15) is 0 Å². The minimum atomic E-state index is -0.0131. The van der Waals surface area contributed by atoms with Crippen LogP contribution in [0.1, 0.15) is 54.9 Å². The van der Waals surface area contributed by atoms with Crippen LogP contribution >= 0.6 is 0 Å². The first-order valence-electron chi connectivity index (χ1n) is 7.60. The SMILES string of the molecule is CC(C)CC(C)C(C)OC1OCC(C)C(C)C1C. The van der Waals surface area contributed by atoms with Crippen molar-refractivity contribution in [3.8, 4) is 0 Å². The Bertz CT molecular complexity index is 239. The van der Waals surface area contributed by atoms with E-state index in [1.165, 1.54) is 6.42 Å². The number of ether oxygens (including phenoxy) is 2. The van der Waals surface area contributed by atoms with Crippen molar-refractivity contribution >= 4 is 0 Å². The molecule has 2 heteroatoms. The average molecular weight is 256 g/mol. The molecule has 0 bridgehead atoms. The summed E-state index contributed by atoms with van der Waals surface area (Å²) in [5.41, 5.74) is 0. The number of rotatable bonds is 5. The van der Waals surface area contributed by atoms with Gasteiger partial charge in [-0.3, -0.25) is 0 Å². The van der Waals surface area contributed by atoms with E-state index in [2.05, 4.69) is 48.5 Å². The van der Waals surface area contributed by atoms with Crippen LogP contribution in [-0.2, 0) is 9.47 Å². The van der Waals surface area contributed by atoms with Crippen LogP contribution in [0.25, 0.3) is 0 Å². The van der Waals surface area contributed by atoms with Crippen molar-refractivity contribution in [1.82, 2.24) is 0 Å². The van der Waals surface area contributed by atoms with Crippen LogP contribution in [0.4, 0.5) is 0 Å². The van der Waals surface area contributed by atoms with E-state index in [0.717, 1.165) is 12.5 Å². The summed E-state index contributed by atoms with van der Waals surface area (Å²) < 4.78 is 12.0. The fraction of sp³-hybridized carbons (Fsp3) is 1.00. The molecule has 0 aromatic carbocycles. The van der Waals surface area contributed by atoms with Gasteiger partial charge in [0.25, 0.3) is 0 Å². The van der Waals surface area contributed by atoms with Gasteiger partial charge < -0.3 is 9.47 Å². The lowest BCUT2D eigenvalue weighted by Gasteiger charge is -2.40. The van der Waals surface area contributed by atoms with Gasteiger partial charge in [-0.15, -0.1) is 0 Å². The van der Waals surface area contributed by atoms with Crippen molar-refractivity contribution < 1.29 is 9.47 Å². The van der Waals surface area contributed by atoms with Crippen molar-refractivity contribution in [3.63, 3.8) is 0 Å². The minimum Gasteiger partial charge on any atom is -0.352 e. The Morgan fingerprint density at radius 2 is 1.67 bits per heavy atom. The van der Waals surface area contributed by atoms with Gasteiger partial charge in [-0.2, -0.15) is 0 Å².